The van der Waals surface area contributed by atoms with Crippen molar-refractivity contribution in [2.75, 3.05) is 10.6 Å². The predicted octanol–water partition coefficient (Wildman–Crippen LogP) is 5.44. The van der Waals surface area contributed by atoms with Crippen LogP contribution in [0.2, 0.25) is 0 Å². The van der Waals surface area contributed by atoms with E-state index < -0.39 is 10.0 Å². The van der Waals surface area contributed by atoms with Gasteiger partial charge in [-0.3, -0.25) is 9.10 Å². The zero-order chi connectivity index (χ0) is 27.4. The van der Waals surface area contributed by atoms with Gasteiger partial charge in [0.15, 0.2) is 0 Å². The lowest BCUT2D eigenvalue weighted by Gasteiger charge is -2.22. The molecule has 0 unspecified atom stereocenters. The number of rotatable bonds is 8. The molecular weight excluding hydrogens is 496 g/mol. The molecule has 1 N–H and O–H groups in total. The van der Waals surface area contributed by atoms with Crippen LogP contribution in [0.1, 0.15) is 44.0 Å². The Hall–Kier alpha value is -4.17. The molecule has 0 aliphatic carbocycles. The molecule has 4 aromatic rings. The number of hydrogen-bond acceptors (Lipinski definition) is 4. The van der Waals surface area contributed by atoms with Gasteiger partial charge in [-0.25, -0.2) is 13.8 Å². The maximum atomic E-state index is 12.7. The number of carbonyl (C=O) groups excluding carboxylic acids is 1. The van der Waals surface area contributed by atoms with E-state index in [0.29, 0.717) is 11.3 Å². The summed E-state index contributed by atoms with van der Waals surface area (Å²) in [4.78, 5) is 12.7. The molecule has 7 nitrogen and oxygen atoms in total. The Morgan fingerprint density at radius 2 is 1.55 bits per heavy atom. The van der Waals surface area contributed by atoms with E-state index in [4.69, 9.17) is 0 Å². The molecular formula is C30H32N4O3S. The van der Waals surface area contributed by atoms with Gasteiger partial charge in [-0.2, -0.15) is 5.10 Å². The third-order valence-electron chi connectivity index (χ3n) is 6.29. The number of nitrogens with zero attached hydrogens (tertiary/aromatic N) is 3. The summed E-state index contributed by atoms with van der Waals surface area (Å²) >= 11 is 0. The Bertz CT molecular complexity index is 1570. The van der Waals surface area contributed by atoms with Crippen molar-refractivity contribution in [3.63, 3.8) is 0 Å². The molecule has 1 amide bonds. The number of aromatic nitrogens is 1. The van der Waals surface area contributed by atoms with Crippen LogP contribution < -0.4 is 9.73 Å². The minimum atomic E-state index is -3.52. The first kappa shape index (κ1) is 26.9. The summed E-state index contributed by atoms with van der Waals surface area (Å²) in [5.74, 6) is -0.384. The number of nitrogens with one attached hydrogen (secondary N) is 1. The number of sulfonamides is 1. The van der Waals surface area contributed by atoms with E-state index in [0.717, 1.165) is 28.2 Å². The van der Waals surface area contributed by atoms with Gasteiger partial charge in [-0.1, -0.05) is 36.4 Å². The summed E-state index contributed by atoms with van der Waals surface area (Å²) in [5, 5.41) is 4.17. The Morgan fingerprint density at radius 3 is 2.16 bits per heavy atom. The fourth-order valence-corrected chi connectivity index (χ4v) is 5.44. The fourth-order valence-electron chi connectivity index (χ4n) is 4.55. The van der Waals surface area contributed by atoms with Crippen LogP contribution in [-0.4, -0.2) is 31.4 Å². The van der Waals surface area contributed by atoms with Crippen molar-refractivity contribution in [1.29, 1.82) is 0 Å². The largest absolute Gasteiger partial charge is 0.318 e. The highest BCUT2D eigenvalue weighted by molar-refractivity contribution is 7.92. The second kappa shape index (κ2) is 11.1. The molecule has 0 aliphatic heterocycles. The molecule has 3 aromatic carbocycles. The van der Waals surface area contributed by atoms with Crippen LogP contribution in [0.3, 0.4) is 0 Å². The molecule has 8 heteroatoms. The maximum Gasteiger partial charge on any atom is 0.271 e. The zero-order valence-corrected chi connectivity index (χ0v) is 23.1. The van der Waals surface area contributed by atoms with Crippen molar-refractivity contribution in [2.45, 2.75) is 34.2 Å². The summed E-state index contributed by atoms with van der Waals surface area (Å²) in [5.41, 5.74) is 10.8. The Balaban J connectivity index is 1.47. The number of carbonyl (C=O) groups is 1. The van der Waals surface area contributed by atoms with Crippen molar-refractivity contribution < 1.29 is 13.2 Å². The van der Waals surface area contributed by atoms with Gasteiger partial charge in [0.1, 0.15) is 0 Å². The number of amides is 1. The molecule has 0 fully saturated rings. The second-order valence-electron chi connectivity index (χ2n) is 9.51. The van der Waals surface area contributed by atoms with Crippen LogP contribution in [0.15, 0.2) is 84.0 Å². The van der Waals surface area contributed by atoms with E-state index in [2.05, 4.69) is 47.1 Å². The summed E-state index contributed by atoms with van der Waals surface area (Å²) in [6.07, 6.45) is 2.81. The number of hydrogen-bond donors (Lipinski definition) is 1. The van der Waals surface area contributed by atoms with E-state index in [1.54, 1.807) is 30.5 Å². The van der Waals surface area contributed by atoms with E-state index in [9.17, 15) is 13.2 Å². The van der Waals surface area contributed by atoms with Gasteiger partial charge in [-0.05, 0) is 86.8 Å². The standard InChI is InChI=1S/C30H32N4O3S/c1-21-15-22(2)17-29(16-21)34-23(3)18-27(24(34)4)19-31-32-30(35)26-11-13-28(14-12-26)33(38(5,36)37)20-25-9-7-6-8-10-25/h6-19H,20H2,1-5H3,(H,32,35)/b31-19-. The van der Waals surface area contributed by atoms with Crippen LogP contribution in [0.25, 0.3) is 5.69 Å². The SMILES string of the molecule is Cc1cc(C)cc(-n2c(C)cc(/C=N\NC(=O)c3ccc(N(Cc4ccccc4)S(C)(=O)=O)cc3)c2C)c1. The first-order valence-electron chi connectivity index (χ1n) is 12.3. The highest BCUT2D eigenvalue weighted by Gasteiger charge is 2.18. The molecule has 196 valence electrons. The fraction of sp³-hybridized carbons (Fsp3) is 0.200. The quantitative estimate of drug-likeness (QED) is 0.244. The maximum absolute atomic E-state index is 12.7. The van der Waals surface area contributed by atoms with Crippen LogP contribution in [0.5, 0.6) is 0 Å². The van der Waals surface area contributed by atoms with Crippen molar-refractivity contribution in [3.05, 3.63) is 118 Å². The topological polar surface area (TPSA) is 83.8 Å². The van der Waals surface area contributed by atoms with Gasteiger partial charge in [0.2, 0.25) is 10.0 Å². The van der Waals surface area contributed by atoms with Crippen LogP contribution >= 0.6 is 0 Å². The van der Waals surface area contributed by atoms with Crippen molar-refractivity contribution in [2.24, 2.45) is 5.10 Å². The van der Waals surface area contributed by atoms with E-state index in [-0.39, 0.29) is 12.5 Å². The average molecular weight is 529 g/mol. The second-order valence-corrected chi connectivity index (χ2v) is 11.4. The third kappa shape index (κ3) is 6.20. The summed E-state index contributed by atoms with van der Waals surface area (Å²) in [6, 6.07) is 24.3. The monoisotopic (exact) mass is 528 g/mol. The molecule has 0 spiro atoms. The normalized spacial score (nSPS) is 11.6. The highest BCUT2D eigenvalue weighted by atomic mass is 32.2. The number of benzene rings is 3. The molecule has 38 heavy (non-hydrogen) atoms. The molecule has 4 rings (SSSR count). The number of anilines is 1. The zero-order valence-electron chi connectivity index (χ0n) is 22.3. The van der Waals surface area contributed by atoms with Gasteiger partial charge in [0.25, 0.3) is 5.91 Å². The van der Waals surface area contributed by atoms with E-state index in [1.807, 2.05) is 50.2 Å². The molecule has 1 aromatic heterocycles. The molecule has 1 heterocycles. The van der Waals surface area contributed by atoms with Gasteiger partial charge < -0.3 is 4.57 Å². The van der Waals surface area contributed by atoms with Gasteiger partial charge >= 0.3 is 0 Å². The van der Waals surface area contributed by atoms with Crippen LogP contribution in [-0.2, 0) is 16.6 Å². The Labute approximate surface area is 224 Å². The molecule has 0 radical (unpaired) electrons. The molecule has 0 saturated heterocycles. The average Bonchev–Trinajstić information content (AvgIpc) is 3.14. The summed E-state index contributed by atoms with van der Waals surface area (Å²) in [6.45, 7) is 8.43. The molecule has 0 saturated carbocycles. The van der Waals surface area contributed by atoms with E-state index in [1.165, 1.54) is 21.7 Å². The van der Waals surface area contributed by atoms with Crippen LogP contribution in [0.4, 0.5) is 5.69 Å². The van der Waals surface area contributed by atoms with Crippen molar-refractivity contribution in [3.8, 4) is 5.69 Å². The van der Waals surface area contributed by atoms with Crippen LogP contribution in [0, 0.1) is 27.7 Å². The van der Waals surface area contributed by atoms with Crippen molar-refractivity contribution in [1.82, 2.24) is 9.99 Å². The smallest absolute Gasteiger partial charge is 0.271 e. The Morgan fingerprint density at radius 1 is 0.921 bits per heavy atom. The summed E-state index contributed by atoms with van der Waals surface area (Å²) in [7, 11) is -3.52. The first-order valence-corrected chi connectivity index (χ1v) is 14.1. The lowest BCUT2D eigenvalue weighted by Crippen LogP contribution is -2.29. The highest BCUT2D eigenvalue weighted by Crippen LogP contribution is 2.23. The third-order valence-corrected chi connectivity index (χ3v) is 7.43. The molecule has 0 atom stereocenters. The lowest BCUT2D eigenvalue weighted by atomic mass is 10.1. The number of hydrazone groups is 1. The van der Waals surface area contributed by atoms with Gasteiger partial charge in [-0.15, -0.1) is 0 Å². The van der Waals surface area contributed by atoms with Crippen molar-refractivity contribution >= 4 is 27.8 Å². The lowest BCUT2D eigenvalue weighted by molar-refractivity contribution is 0.0955. The Kier molecular flexibility index (Phi) is 7.83. The molecule has 0 aliphatic rings. The number of aryl methyl sites for hydroxylation is 3. The van der Waals surface area contributed by atoms with Gasteiger partial charge in [0, 0.05) is 28.2 Å². The minimum absolute atomic E-state index is 0.204. The molecule has 0 bridgehead atoms. The minimum Gasteiger partial charge on any atom is -0.318 e. The predicted molar refractivity (Wildman–Crippen MR) is 154 cm³/mol. The van der Waals surface area contributed by atoms with Gasteiger partial charge in [0.05, 0.1) is 24.7 Å². The van der Waals surface area contributed by atoms with E-state index >= 15 is 0 Å². The summed E-state index contributed by atoms with van der Waals surface area (Å²) < 4.78 is 28.4. The first-order chi connectivity index (χ1) is 18.0.